The molecule has 1 heterocycles. The summed E-state index contributed by atoms with van der Waals surface area (Å²) in [4.78, 5) is 8.74. The summed E-state index contributed by atoms with van der Waals surface area (Å²) in [5.41, 5.74) is 2.33. The van der Waals surface area contributed by atoms with Gasteiger partial charge in [0.1, 0.15) is 5.82 Å². The van der Waals surface area contributed by atoms with Gasteiger partial charge in [-0.3, -0.25) is 0 Å². The maximum atomic E-state index is 5.04. The lowest BCUT2D eigenvalue weighted by atomic mass is 9.98. The van der Waals surface area contributed by atoms with E-state index < -0.39 is 0 Å². The van der Waals surface area contributed by atoms with Crippen LogP contribution in [0.4, 0.5) is 0 Å². The van der Waals surface area contributed by atoms with E-state index in [1.165, 1.54) is 5.56 Å². The molecule has 0 bridgehead atoms. The van der Waals surface area contributed by atoms with Gasteiger partial charge >= 0.3 is 0 Å². The molecule has 0 saturated carbocycles. The summed E-state index contributed by atoms with van der Waals surface area (Å²) in [6.07, 6.45) is 4.53. The van der Waals surface area contributed by atoms with Crippen molar-refractivity contribution in [3.05, 3.63) is 59.7 Å². The molecule has 1 aromatic carbocycles. The molecule has 0 aliphatic carbocycles. The third kappa shape index (κ3) is 3.37. The largest absolute Gasteiger partial charge is 0.380 e. The van der Waals surface area contributed by atoms with Crippen LogP contribution < -0.4 is 0 Å². The van der Waals surface area contributed by atoms with Gasteiger partial charge < -0.3 is 4.74 Å². The van der Waals surface area contributed by atoms with Crippen LogP contribution in [0.1, 0.15) is 29.8 Å². The minimum absolute atomic E-state index is 0.430. The summed E-state index contributed by atoms with van der Waals surface area (Å²) in [7, 11) is 1.67. The van der Waals surface area contributed by atoms with Crippen LogP contribution in [-0.2, 0) is 17.8 Å². The molecule has 0 aliphatic rings. The van der Waals surface area contributed by atoms with Gasteiger partial charge in [-0.25, -0.2) is 9.97 Å². The highest BCUT2D eigenvalue weighted by atomic mass is 16.5. The van der Waals surface area contributed by atoms with Crippen LogP contribution in [0.3, 0.4) is 0 Å². The van der Waals surface area contributed by atoms with Gasteiger partial charge in [0, 0.05) is 31.5 Å². The van der Waals surface area contributed by atoms with E-state index in [2.05, 4.69) is 41.2 Å². The van der Waals surface area contributed by atoms with Crippen LogP contribution >= 0.6 is 0 Å². The standard InChI is InChI=1S/C15H18N2O/c1-12(14-6-4-3-5-7-14)8-15-16-9-13(10-17-15)11-18-2/h3-7,9-10,12H,8,11H2,1-2H3. The first-order chi connectivity index (χ1) is 8.79. The fraction of sp³-hybridized carbons (Fsp3) is 0.333. The van der Waals surface area contributed by atoms with Gasteiger partial charge in [-0.05, 0) is 11.5 Å². The number of nitrogens with zero attached hydrogens (tertiary/aromatic N) is 2. The number of methoxy groups -OCH3 is 1. The van der Waals surface area contributed by atoms with Gasteiger partial charge in [-0.15, -0.1) is 0 Å². The molecule has 0 aliphatic heterocycles. The Morgan fingerprint density at radius 2 is 1.78 bits per heavy atom. The average Bonchev–Trinajstić information content (AvgIpc) is 2.42. The summed E-state index contributed by atoms with van der Waals surface area (Å²) in [5, 5.41) is 0. The Labute approximate surface area is 108 Å². The van der Waals surface area contributed by atoms with Crippen LogP contribution in [-0.4, -0.2) is 17.1 Å². The number of benzene rings is 1. The van der Waals surface area contributed by atoms with Crippen LogP contribution in [0.25, 0.3) is 0 Å². The van der Waals surface area contributed by atoms with Crippen molar-refractivity contribution in [3.63, 3.8) is 0 Å². The van der Waals surface area contributed by atoms with E-state index in [0.29, 0.717) is 12.5 Å². The second-order valence-corrected chi connectivity index (χ2v) is 4.46. The SMILES string of the molecule is COCc1cnc(CC(C)c2ccccc2)nc1. The summed E-state index contributed by atoms with van der Waals surface area (Å²) in [5.74, 6) is 1.31. The Morgan fingerprint density at radius 1 is 1.11 bits per heavy atom. The molecule has 0 fully saturated rings. The Bertz CT molecular complexity index is 468. The molecule has 2 rings (SSSR count). The second kappa shape index (κ2) is 6.26. The minimum atomic E-state index is 0.430. The quantitative estimate of drug-likeness (QED) is 0.808. The van der Waals surface area contributed by atoms with Crippen LogP contribution in [0.15, 0.2) is 42.7 Å². The fourth-order valence-corrected chi connectivity index (χ4v) is 1.90. The van der Waals surface area contributed by atoms with Crippen molar-refractivity contribution in [1.82, 2.24) is 9.97 Å². The topological polar surface area (TPSA) is 35.0 Å². The van der Waals surface area contributed by atoms with E-state index >= 15 is 0 Å². The minimum Gasteiger partial charge on any atom is -0.380 e. The van der Waals surface area contributed by atoms with Crippen molar-refractivity contribution < 1.29 is 4.74 Å². The van der Waals surface area contributed by atoms with Gasteiger partial charge in [0.05, 0.1) is 6.61 Å². The number of hydrogen-bond acceptors (Lipinski definition) is 3. The molecule has 0 N–H and O–H groups in total. The van der Waals surface area contributed by atoms with E-state index in [9.17, 15) is 0 Å². The van der Waals surface area contributed by atoms with Gasteiger partial charge in [0.2, 0.25) is 0 Å². The zero-order valence-electron chi connectivity index (χ0n) is 10.8. The summed E-state index contributed by atoms with van der Waals surface area (Å²) < 4.78 is 5.04. The van der Waals surface area contributed by atoms with Crippen molar-refractivity contribution in [2.75, 3.05) is 7.11 Å². The van der Waals surface area contributed by atoms with E-state index in [1.54, 1.807) is 7.11 Å². The lowest BCUT2D eigenvalue weighted by Gasteiger charge is -2.10. The molecule has 2 aromatic rings. The molecule has 18 heavy (non-hydrogen) atoms. The highest BCUT2D eigenvalue weighted by molar-refractivity contribution is 5.20. The lowest BCUT2D eigenvalue weighted by molar-refractivity contribution is 0.184. The Kier molecular flexibility index (Phi) is 4.42. The predicted octanol–water partition coefficient (Wildman–Crippen LogP) is 2.97. The molecule has 0 radical (unpaired) electrons. The monoisotopic (exact) mass is 242 g/mol. The van der Waals surface area contributed by atoms with Crippen LogP contribution in [0.5, 0.6) is 0 Å². The molecule has 3 heteroatoms. The summed E-state index contributed by atoms with van der Waals surface area (Å²) in [6.45, 7) is 2.76. The summed E-state index contributed by atoms with van der Waals surface area (Å²) >= 11 is 0. The average molecular weight is 242 g/mol. The molecule has 3 nitrogen and oxygen atoms in total. The van der Waals surface area contributed by atoms with Crippen molar-refractivity contribution in [2.45, 2.75) is 25.9 Å². The molecule has 0 spiro atoms. The molecule has 0 saturated heterocycles. The Hall–Kier alpha value is -1.74. The maximum Gasteiger partial charge on any atom is 0.128 e. The number of aromatic nitrogens is 2. The molecule has 1 atom stereocenters. The van der Waals surface area contributed by atoms with Crippen molar-refractivity contribution in [3.8, 4) is 0 Å². The Balaban J connectivity index is 2.01. The third-order valence-corrected chi connectivity index (χ3v) is 2.93. The highest BCUT2D eigenvalue weighted by Gasteiger charge is 2.08. The zero-order chi connectivity index (χ0) is 12.8. The Morgan fingerprint density at radius 3 is 2.39 bits per heavy atom. The normalized spacial score (nSPS) is 12.3. The highest BCUT2D eigenvalue weighted by Crippen LogP contribution is 2.18. The number of rotatable bonds is 5. The first-order valence-electron chi connectivity index (χ1n) is 6.13. The number of hydrogen-bond donors (Lipinski definition) is 0. The smallest absolute Gasteiger partial charge is 0.128 e. The van der Waals surface area contributed by atoms with Crippen molar-refractivity contribution in [1.29, 1.82) is 0 Å². The molecule has 1 aromatic heterocycles. The molecular weight excluding hydrogens is 224 g/mol. The van der Waals surface area contributed by atoms with E-state index in [-0.39, 0.29) is 0 Å². The third-order valence-electron chi connectivity index (χ3n) is 2.93. The number of ether oxygens (including phenoxy) is 1. The lowest BCUT2D eigenvalue weighted by Crippen LogP contribution is -2.03. The zero-order valence-corrected chi connectivity index (χ0v) is 10.8. The van der Waals surface area contributed by atoms with Gasteiger partial charge in [0.15, 0.2) is 0 Å². The molecule has 1 unspecified atom stereocenters. The van der Waals surface area contributed by atoms with E-state index in [4.69, 9.17) is 4.74 Å². The van der Waals surface area contributed by atoms with Crippen LogP contribution in [0, 0.1) is 0 Å². The van der Waals surface area contributed by atoms with E-state index in [0.717, 1.165) is 17.8 Å². The summed E-state index contributed by atoms with van der Waals surface area (Å²) in [6, 6.07) is 10.4. The first-order valence-corrected chi connectivity index (χ1v) is 6.13. The molecule has 94 valence electrons. The maximum absolute atomic E-state index is 5.04. The van der Waals surface area contributed by atoms with Crippen molar-refractivity contribution in [2.24, 2.45) is 0 Å². The second-order valence-electron chi connectivity index (χ2n) is 4.46. The van der Waals surface area contributed by atoms with Gasteiger partial charge in [-0.1, -0.05) is 37.3 Å². The van der Waals surface area contributed by atoms with Crippen LogP contribution in [0.2, 0.25) is 0 Å². The molecular formula is C15H18N2O. The first kappa shape index (κ1) is 12.7. The predicted molar refractivity (Wildman–Crippen MR) is 71.3 cm³/mol. The van der Waals surface area contributed by atoms with Crippen molar-refractivity contribution >= 4 is 0 Å². The fourth-order valence-electron chi connectivity index (χ4n) is 1.90. The molecule has 0 amide bonds. The van der Waals surface area contributed by atoms with Gasteiger partial charge in [0.25, 0.3) is 0 Å². The van der Waals surface area contributed by atoms with E-state index in [1.807, 2.05) is 18.5 Å². The van der Waals surface area contributed by atoms with Gasteiger partial charge in [-0.2, -0.15) is 0 Å².